The first-order valence-corrected chi connectivity index (χ1v) is 8.42. The van der Waals surface area contributed by atoms with Gasteiger partial charge in [0.15, 0.2) is 23.2 Å². The predicted molar refractivity (Wildman–Crippen MR) is 95.3 cm³/mol. The van der Waals surface area contributed by atoms with Crippen LogP contribution in [0.15, 0.2) is 41.0 Å². The molecule has 0 saturated carbocycles. The first-order valence-electron chi connectivity index (χ1n) is 8.42. The number of hydrogen-bond donors (Lipinski definition) is 1. The van der Waals surface area contributed by atoms with Gasteiger partial charge in [0.25, 0.3) is 17.7 Å². The van der Waals surface area contributed by atoms with Crippen LogP contribution in [-0.4, -0.2) is 17.7 Å². The Balaban J connectivity index is 1.74. The molecule has 0 aliphatic carbocycles. The van der Waals surface area contributed by atoms with Gasteiger partial charge in [-0.2, -0.15) is 0 Å². The first-order chi connectivity index (χ1) is 14.2. The van der Waals surface area contributed by atoms with Gasteiger partial charge in [0.2, 0.25) is 0 Å². The lowest BCUT2D eigenvalue weighted by Crippen LogP contribution is -2.31. The summed E-state index contributed by atoms with van der Waals surface area (Å²) in [5, 5.41) is 1.87. The van der Waals surface area contributed by atoms with Gasteiger partial charge in [0.05, 0.1) is 23.1 Å². The van der Waals surface area contributed by atoms with Crippen LogP contribution in [0, 0.1) is 30.2 Å². The summed E-state index contributed by atoms with van der Waals surface area (Å²) in [6.45, 7) is 1.51. The third-order valence-corrected chi connectivity index (χ3v) is 4.54. The van der Waals surface area contributed by atoms with Crippen molar-refractivity contribution in [1.29, 1.82) is 0 Å². The average Bonchev–Trinajstić information content (AvgIpc) is 3.23. The van der Waals surface area contributed by atoms with E-state index in [1.54, 1.807) is 0 Å². The minimum Gasteiger partial charge on any atom is -0.459 e. The van der Waals surface area contributed by atoms with Crippen LogP contribution in [0.2, 0.25) is 0 Å². The molecule has 10 heteroatoms. The lowest BCUT2D eigenvalue weighted by atomic mass is 10.1. The fraction of sp³-hybridized carbons (Fsp3) is 0.0500. The highest BCUT2D eigenvalue weighted by molar-refractivity contribution is 6.34. The second kappa shape index (κ2) is 6.83. The van der Waals surface area contributed by atoms with E-state index in [1.165, 1.54) is 19.3 Å². The number of halogens is 4. The summed E-state index contributed by atoms with van der Waals surface area (Å²) in [7, 11) is 0. The van der Waals surface area contributed by atoms with Crippen LogP contribution in [0.25, 0.3) is 0 Å². The van der Waals surface area contributed by atoms with E-state index in [4.69, 9.17) is 4.42 Å². The predicted octanol–water partition coefficient (Wildman–Crippen LogP) is 4.20. The van der Waals surface area contributed by atoms with E-state index < -0.39 is 52.4 Å². The van der Waals surface area contributed by atoms with Crippen molar-refractivity contribution in [1.82, 2.24) is 0 Å². The molecule has 2 heterocycles. The van der Waals surface area contributed by atoms with Crippen LogP contribution < -0.4 is 10.2 Å². The molecule has 0 radical (unpaired) electrons. The number of carbonyl (C=O) groups excluding carboxylic acids is 3. The number of furan rings is 1. The summed E-state index contributed by atoms with van der Waals surface area (Å²) >= 11 is 0. The number of nitrogens with one attached hydrogen (secondary N) is 1. The number of rotatable bonds is 3. The van der Waals surface area contributed by atoms with E-state index in [9.17, 15) is 31.9 Å². The van der Waals surface area contributed by atoms with Gasteiger partial charge in [-0.3, -0.25) is 14.4 Å². The Morgan fingerprint density at radius 1 is 0.967 bits per heavy atom. The molecule has 30 heavy (non-hydrogen) atoms. The minimum atomic E-state index is -1.83. The zero-order valence-electron chi connectivity index (χ0n) is 15.1. The van der Waals surface area contributed by atoms with Crippen LogP contribution in [0.1, 0.15) is 36.8 Å². The number of nitrogens with zero attached hydrogens (tertiary/aromatic N) is 1. The van der Waals surface area contributed by atoms with E-state index in [0.717, 1.165) is 18.2 Å². The van der Waals surface area contributed by atoms with Crippen LogP contribution in [0.4, 0.5) is 28.9 Å². The molecule has 1 aromatic heterocycles. The molecule has 6 nitrogen and oxygen atoms in total. The van der Waals surface area contributed by atoms with Crippen molar-refractivity contribution in [3.63, 3.8) is 0 Å². The Hall–Kier alpha value is -3.95. The lowest BCUT2D eigenvalue weighted by molar-refractivity contribution is 0.0922. The second-order valence-electron chi connectivity index (χ2n) is 6.40. The normalized spacial score (nSPS) is 13.0. The third-order valence-electron chi connectivity index (χ3n) is 4.54. The third kappa shape index (κ3) is 2.84. The zero-order valence-corrected chi connectivity index (χ0v) is 15.1. The van der Waals surface area contributed by atoms with Crippen molar-refractivity contribution < 1.29 is 36.4 Å². The van der Waals surface area contributed by atoms with E-state index >= 15 is 0 Å². The smallest absolute Gasteiger partial charge is 0.291 e. The Morgan fingerprint density at radius 2 is 1.67 bits per heavy atom. The Kier molecular flexibility index (Phi) is 4.41. The van der Waals surface area contributed by atoms with Crippen molar-refractivity contribution >= 4 is 29.1 Å². The molecular weight excluding hydrogens is 408 g/mol. The van der Waals surface area contributed by atoms with Gasteiger partial charge in [0.1, 0.15) is 11.5 Å². The summed E-state index contributed by atoms with van der Waals surface area (Å²) < 4.78 is 62.1. The lowest BCUT2D eigenvalue weighted by Gasteiger charge is -2.17. The number of aryl methyl sites for hydroxylation is 1. The Labute approximate surface area is 165 Å². The van der Waals surface area contributed by atoms with Gasteiger partial charge >= 0.3 is 0 Å². The van der Waals surface area contributed by atoms with Crippen molar-refractivity contribution in [2.24, 2.45) is 0 Å². The average molecular weight is 418 g/mol. The summed E-state index contributed by atoms with van der Waals surface area (Å²) in [5.74, 6) is -9.32. The number of hydrogen-bond acceptors (Lipinski definition) is 4. The van der Waals surface area contributed by atoms with Crippen molar-refractivity contribution in [2.45, 2.75) is 6.92 Å². The fourth-order valence-corrected chi connectivity index (χ4v) is 3.07. The van der Waals surface area contributed by atoms with E-state index in [-0.39, 0.29) is 21.8 Å². The number of benzene rings is 2. The highest BCUT2D eigenvalue weighted by Crippen LogP contribution is 2.35. The maximum absolute atomic E-state index is 14.7. The van der Waals surface area contributed by atoms with Crippen molar-refractivity contribution in [2.75, 3.05) is 10.2 Å². The molecule has 2 aromatic carbocycles. The molecule has 3 amide bonds. The number of amides is 3. The quantitative estimate of drug-likeness (QED) is 0.393. The maximum Gasteiger partial charge on any atom is 0.291 e. The molecule has 0 unspecified atom stereocenters. The second-order valence-corrected chi connectivity index (χ2v) is 6.40. The first kappa shape index (κ1) is 19.4. The van der Waals surface area contributed by atoms with Crippen molar-refractivity contribution in [3.8, 4) is 0 Å². The number of imide groups is 1. The van der Waals surface area contributed by atoms with Gasteiger partial charge in [-0.25, -0.2) is 22.5 Å². The Morgan fingerprint density at radius 3 is 2.33 bits per heavy atom. The molecule has 0 bridgehead atoms. The molecule has 0 saturated heterocycles. The molecule has 1 aliphatic heterocycles. The van der Waals surface area contributed by atoms with Crippen LogP contribution in [-0.2, 0) is 0 Å². The van der Waals surface area contributed by atoms with E-state index in [0.29, 0.717) is 11.6 Å². The zero-order chi connectivity index (χ0) is 21.7. The summed E-state index contributed by atoms with van der Waals surface area (Å²) in [6, 6.07) is 4.52. The molecule has 1 N–H and O–H groups in total. The van der Waals surface area contributed by atoms with Gasteiger partial charge in [-0.15, -0.1) is 0 Å². The molecule has 0 spiro atoms. The van der Waals surface area contributed by atoms with E-state index in [1.807, 2.05) is 5.32 Å². The molecule has 0 atom stereocenters. The molecule has 0 fully saturated rings. The SMILES string of the molecule is Cc1ccoc1C(=O)Nc1c(F)cc(N2C(=O)c3ccc(F)cc3C2=O)c(F)c1F. The standard InChI is InChI=1S/C20H10F4N2O4/c1-8-4-5-30-17(8)18(27)25-16-12(22)7-13(14(23)15(16)24)26-19(28)10-3-2-9(21)6-11(10)20(26)29/h2-7H,1H3,(H,25,27). The largest absolute Gasteiger partial charge is 0.459 e. The molecule has 1 aliphatic rings. The Bertz CT molecular complexity index is 1250. The topological polar surface area (TPSA) is 79.6 Å². The highest BCUT2D eigenvalue weighted by Gasteiger charge is 2.40. The molecule has 4 rings (SSSR count). The van der Waals surface area contributed by atoms with Crippen molar-refractivity contribution in [3.05, 3.63) is 82.3 Å². The number of fused-ring (bicyclic) bond motifs is 1. The summed E-state index contributed by atoms with van der Waals surface area (Å²) in [6.07, 6.45) is 1.19. The van der Waals surface area contributed by atoms with Crippen LogP contribution in [0.5, 0.6) is 0 Å². The van der Waals surface area contributed by atoms with Gasteiger partial charge in [0, 0.05) is 11.6 Å². The molecular formula is C20H10F4N2O4. The van der Waals surface area contributed by atoms with E-state index in [2.05, 4.69) is 0 Å². The number of anilines is 2. The summed E-state index contributed by atoms with van der Waals surface area (Å²) in [4.78, 5) is 37.2. The fourth-order valence-electron chi connectivity index (χ4n) is 3.07. The molecule has 152 valence electrons. The van der Waals surface area contributed by atoms with Crippen LogP contribution >= 0.6 is 0 Å². The van der Waals surface area contributed by atoms with Gasteiger partial charge in [-0.1, -0.05) is 0 Å². The maximum atomic E-state index is 14.7. The summed E-state index contributed by atoms with van der Waals surface area (Å²) in [5.41, 5.74) is -2.37. The molecule has 3 aromatic rings. The van der Waals surface area contributed by atoms with Gasteiger partial charge < -0.3 is 9.73 Å². The highest BCUT2D eigenvalue weighted by atomic mass is 19.2. The van der Waals surface area contributed by atoms with Crippen LogP contribution in [0.3, 0.4) is 0 Å². The minimum absolute atomic E-state index is 0.202. The van der Waals surface area contributed by atoms with Gasteiger partial charge in [-0.05, 0) is 31.2 Å². The number of carbonyl (C=O) groups is 3. The monoisotopic (exact) mass is 418 g/mol.